The lowest BCUT2D eigenvalue weighted by atomic mass is 9.93. The lowest BCUT2D eigenvalue weighted by Gasteiger charge is -2.12. The lowest BCUT2D eigenvalue weighted by molar-refractivity contribution is 0.415. The van der Waals surface area contributed by atoms with Crippen molar-refractivity contribution < 1.29 is 4.74 Å². The summed E-state index contributed by atoms with van der Waals surface area (Å²) in [7, 11) is 1.64. The van der Waals surface area contributed by atoms with Crippen molar-refractivity contribution in [1.82, 2.24) is 4.98 Å². The van der Waals surface area contributed by atoms with Crippen LogP contribution in [0, 0.1) is 11.3 Å². The summed E-state index contributed by atoms with van der Waals surface area (Å²) >= 11 is 0. The number of pyridine rings is 1. The van der Waals surface area contributed by atoms with Gasteiger partial charge < -0.3 is 4.74 Å². The molecule has 1 aromatic heterocycles. The van der Waals surface area contributed by atoms with Crippen molar-refractivity contribution in [3.8, 4) is 34.1 Å². The molecule has 3 heteroatoms. The van der Waals surface area contributed by atoms with E-state index >= 15 is 0 Å². The summed E-state index contributed by atoms with van der Waals surface area (Å²) < 4.78 is 5.20. The van der Waals surface area contributed by atoms with E-state index in [1.165, 1.54) is 0 Å². The highest BCUT2D eigenvalue weighted by molar-refractivity contribution is 5.86. The van der Waals surface area contributed by atoms with Crippen molar-refractivity contribution in [3.63, 3.8) is 0 Å². The van der Waals surface area contributed by atoms with Gasteiger partial charge in [-0.1, -0.05) is 42.5 Å². The molecule has 3 nitrogen and oxygen atoms in total. The molecular weight excluding hydrogens is 272 g/mol. The molecule has 2 aromatic carbocycles. The molecule has 0 aliphatic heterocycles. The van der Waals surface area contributed by atoms with Crippen LogP contribution in [0.15, 0.2) is 67.0 Å². The van der Waals surface area contributed by atoms with E-state index in [1.807, 2.05) is 54.6 Å². The van der Waals surface area contributed by atoms with Crippen molar-refractivity contribution in [2.24, 2.45) is 0 Å². The number of benzene rings is 2. The number of nitrogens with zero attached hydrogens (tertiary/aromatic N) is 2. The first-order valence-electron chi connectivity index (χ1n) is 6.91. The number of nitriles is 1. The van der Waals surface area contributed by atoms with Gasteiger partial charge in [0.2, 0.25) is 0 Å². The Balaban J connectivity index is 2.21. The molecule has 0 bridgehead atoms. The fourth-order valence-corrected chi connectivity index (χ4v) is 2.45. The van der Waals surface area contributed by atoms with Gasteiger partial charge in [-0.2, -0.15) is 5.26 Å². The molecular formula is C19H14N2O. The minimum Gasteiger partial charge on any atom is -0.497 e. The second-order valence-corrected chi connectivity index (χ2v) is 4.82. The van der Waals surface area contributed by atoms with Crippen molar-refractivity contribution in [2.45, 2.75) is 0 Å². The van der Waals surface area contributed by atoms with Gasteiger partial charge in [0.15, 0.2) is 0 Å². The Kier molecular flexibility index (Phi) is 3.84. The molecule has 0 saturated heterocycles. The maximum Gasteiger partial charge on any atom is 0.118 e. The Labute approximate surface area is 129 Å². The molecule has 22 heavy (non-hydrogen) atoms. The summed E-state index contributed by atoms with van der Waals surface area (Å²) in [5.41, 5.74) is 4.42. The smallest absolute Gasteiger partial charge is 0.118 e. The van der Waals surface area contributed by atoms with E-state index < -0.39 is 0 Å². The predicted molar refractivity (Wildman–Crippen MR) is 86.4 cm³/mol. The van der Waals surface area contributed by atoms with E-state index in [1.54, 1.807) is 19.5 Å². The normalized spacial score (nSPS) is 10.0. The van der Waals surface area contributed by atoms with Crippen molar-refractivity contribution in [1.29, 1.82) is 5.26 Å². The number of aromatic nitrogens is 1. The minimum atomic E-state index is 0.569. The number of hydrogen-bond donors (Lipinski definition) is 0. The van der Waals surface area contributed by atoms with Crippen molar-refractivity contribution in [3.05, 3.63) is 72.6 Å². The molecule has 0 N–H and O–H groups in total. The Morgan fingerprint density at radius 2 is 1.64 bits per heavy atom. The third-order valence-electron chi connectivity index (χ3n) is 3.53. The summed E-state index contributed by atoms with van der Waals surface area (Å²) in [6.45, 7) is 0. The Morgan fingerprint density at radius 3 is 2.27 bits per heavy atom. The van der Waals surface area contributed by atoms with Gasteiger partial charge in [0.1, 0.15) is 11.8 Å². The van der Waals surface area contributed by atoms with Gasteiger partial charge in [0, 0.05) is 23.5 Å². The molecule has 0 radical (unpaired) electrons. The number of rotatable bonds is 3. The van der Waals surface area contributed by atoms with Gasteiger partial charge in [-0.25, -0.2) is 0 Å². The molecule has 1 heterocycles. The topological polar surface area (TPSA) is 45.9 Å². The molecule has 0 aliphatic rings. The zero-order chi connectivity index (χ0) is 15.4. The van der Waals surface area contributed by atoms with E-state index in [2.05, 4.69) is 11.1 Å². The second kappa shape index (κ2) is 6.11. The quantitative estimate of drug-likeness (QED) is 0.721. The zero-order valence-electron chi connectivity index (χ0n) is 12.2. The van der Waals surface area contributed by atoms with Crippen LogP contribution in [-0.4, -0.2) is 12.1 Å². The summed E-state index contributed by atoms with van der Waals surface area (Å²) in [5.74, 6) is 0.800. The van der Waals surface area contributed by atoms with Gasteiger partial charge >= 0.3 is 0 Å². The minimum absolute atomic E-state index is 0.569. The summed E-state index contributed by atoms with van der Waals surface area (Å²) in [5, 5.41) is 9.42. The van der Waals surface area contributed by atoms with E-state index in [-0.39, 0.29) is 0 Å². The Morgan fingerprint density at radius 1 is 0.909 bits per heavy atom. The van der Waals surface area contributed by atoms with Gasteiger partial charge in [-0.3, -0.25) is 4.98 Å². The number of ether oxygens (including phenoxy) is 1. The maximum atomic E-state index is 9.42. The van der Waals surface area contributed by atoms with E-state index in [0.717, 1.165) is 28.0 Å². The average molecular weight is 286 g/mol. The molecule has 0 unspecified atom stereocenters. The molecule has 0 aliphatic carbocycles. The molecule has 0 amide bonds. The summed E-state index contributed by atoms with van der Waals surface area (Å²) in [6, 6.07) is 19.9. The molecule has 106 valence electrons. The molecule has 0 saturated carbocycles. The standard InChI is InChI=1S/C19H14N2O/c1-22-17-9-7-14(8-10-17)18-13-21-12-16(11-20)19(18)15-5-3-2-4-6-15/h2-10,12-13H,1H3. The van der Waals surface area contributed by atoms with Gasteiger partial charge in [0.05, 0.1) is 12.7 Å². The SMILES string of the molecule is COc1ccc(-c2cncc(C#N)c2-c2ccccc2)cc1. The summed E-state index contributed by atoms with van der Waals surface area (Å²) in [4.78, 5) is 4.21. The predicted octanol–water partition coefficient (Wildman–Crippen LogP) is 4.30. The van der Waals surface area contributed by atoms with Crippen LogP contribution in [-0.2, 0) is 0 Å². The van der Waals surface area contributed by atoms with Crippen LogP contribution >= 0.6 is 0 Å². The first-order chi connectivity index (χ1) is 10.8. The van der Waals surface area contributed by atoms with Crippen LogP contribution in [0.4, 0.5) is 0 Å². The van der Waals surface area contributed by atoms with E-state index in [0.29, 0.717) is 5.56 Å². The first kappa shape index (κ1) is 13.8. The van der Waals surface area contributed by atoms with Crippen LogP contribution in [0.2, 0.25) is 0 Å². The summed E-state index contributed by atoms with van der Waals surface area (Å²) in [6.07, 6.45) is 3.40. The van der Waals surface area contributed by atoms with E-state index in [9.17, 15) is 5.26 Å². The van der Waals surface area contributed by atoms with Crippen LogP contribution in [0.25, 0.3) is 22.3 Å². The molecule has 3 rings (SSSR count). The fraction of sp³-hybridized carbons (Fsp3) is 0.0526. The highest BCUT2D eigenvalue weighted by Gasteiger charge is 2.12. The van der Waals surface area contributed by atoms with Crippen LogP contribution < -0.4 is 4.74 Å². The lowest BCUT2D eigenvalue weighted by Crippen LogP contribution is -1.92. The molecule has 3 aromatic rings. The van der Waals surface area contributed by atoms with Gasteiger partial charge in [0.25, 0.3) is 0 Å². The third kappa shape index (κ3) is 2.55. The van der Waals surface area contributed by atoms with Gasteiger partial charge in [-0.05, 0) is 23.3 Å². The van der Waals surface area contributed by atoms with Gasteiger partial charge in [-0.15, -0.1) is 0 Å². The monoisotopic (exact) mass is 286 g/mol. The van der Waals surface area contributed by atoms with E-state index in [4.69, 9.17) is 4.74 Å². The number of hydrogen-bond acceptors (Lipinski definition) is 3. The zero-order valence-corrected chi connectivity index (χ0v) is 12.2. The molecule has 0 spiro atoms. The molecule has 0 fully saturated rings. The van der Waals surface area contributed by atoms with Crippen molar-refractivity contribution in [2.75, 3.05) is 7.11 Å². The Bertz CT molecular complexity index is 818. The van der Waals surface area contributed by atoms with Crippen LogP contribution in [0.5, 0.6) is 5.75 Å². The van der Waals surface area contributed by atoms with Crippen LogP contribution in [0.3, 0.4) is 0 Å². The highest BCUT2D eigenvalue weighted by atomic mass is 16.5. The first-order valence-corrected chi connectivity index (χ1v) is 6.91. The van der Waals surface area contributed by atoms with Crippen LogP contribution in [0.1, 0.15) is 5.56 Å². The largest absolute Gasteiger partial charge is 0.497 e. The molecule has 0 atom stereocenters. The number of methoxy groups -OCH3 is 1. The average Bonchev–Trinajstić information content (AvgIpc) is 2.62. The fourth-order valence-electron chi connectivity index (χ4n) is 2.45. The highest BCUT2D eigenvalue weighted by Crippen LogP contribution is 2.34. The van der Waals surface area contributed by atoms with Crippen molar-refractivity contribution >= 4 is 0 Å². The Hall–Kier alpha value is -3.12. The third-order valence-corrected chi connectivity index (χ3v) is 3.53. The maximum absolute atomic E-state index is 9.42. The second-order valence-electron chi connectivity index (χ2n) is 4.82.